The number of benzene rings is 2. The lowest BCUT2D eigenvalue weighted by Crippen LogP contribution is -2.25. The van der Waals surface area contributed by atoms with Crippen LogP contribution in [-0.2, 0) is 4.74 Å². The van der Waals surface area contributed by atoms with E-state index in [9.17, 15) is 14.4 Å². The standard InChI is InChI=1S/C24H19NO5S/c1-3-30-24(28)18-14-19(21(26)16-7-5-4-6-8-16)25-22(27)20(31-23(18)25)13-15-9-11-17(29-2)12-10-15/h4-14H,3H2,1-2H3/b20-13-. The number of fused-ring (bicyclic) bond motifs is 1. The van der Waals surface area contributed by atoms with Crippen LogP contribution in [0.15, 0.2) is 65.5 Å². The molecule has 4 aromatic rings. The fraction of sp³-hybridized carbons (Fsp3) is 0.125. The first-order valence-electron chi connectivity index (χ1n) is 9.64. The zero-order valence-corrected chi connectivity index (χ0v) is 17.8. The summed E-state index contributed by atoms with van der Waals surface area (Å²) in [6, 6.07) is 17.3. The van der Waals surface area contributed by atoms with E-state index in [1.807, 2.05) is 12.1 Å². The Morgan fingerprint density at radius 1 is 1.06 bits per heavy atom. The second-order valence-electron chi connectivity index (χ2n) is 6.69. The van der Waals surface area contributed by atoms with E-state index in [1.54, 1.807) is 62.6 Å². The molecule has 0 aliphatic rings. The first kappa shape index (κ1) is 20.6. The Kier molecular flexibility index (Phi) is 5.68. The number of carbonyl (C=O) groups excluding carboxylic acids is 2. The summed E-state index contributed by atoms with van der Waals surface area (Å²) in [7, 11) is 1.58. The maximum absolute atomic E-state index is 13.2. The van der Waals surface area contributed by atoms with Gasteiger partial charge in [0, 0.05) is 5.56 Å². The molecular weight excluding hydrogens is 414 g/mol. The Bertz CT molecular complexity index is 1370. The van der Waals surface area contributed by atoms with Gasteiger partial charge in [0.25, 0.3) is 5.56 Å². The molecule has 0 N–H and O–H groups in total. The average Bonchev–Trinajstić information content (AvgIpc) is 3.32. The third kappa shape index (κ3) is 3.87. The van der Waals surface area contributed by atoms with Crippen LogP contribution in [0.1, 0.15) is 38.9 Å². The van der Waals surface area contributed by atoms with Crippen LogP contribution in [0.4, 0.5) is 0 Å². The van der Waals surface area contributed by atoms with Crippen molar-refractivity contribution in [3.8, 4) is 5.75 Å². The molecule has 0 aliphatic carbocycles. The smallest absolute Gasteiger partial charge is 0.341 e. The summed E-state index contributed by atoms with van der Waals surface area (Å²) < 4.78 is 12.0. The molecule has 156 valence electrons. The van der Waals surface area contributed by atoms with Crippen LogP contribution in [0.3, 0.4) is 0 Å². The minimum Gasteiger partial charge on any atom is -0.497 e. The molecule has 7 heteroatoms. The van der Waals surface area contributed by atoms with Crippen molar-refractivity contribution in [2.24, 2.45) is 0 Å². The number of rotatable bonds is 6. The number of aromatic nitrogens is 1. The minimum atomic E-state index is -0.565. The maximum Gasteiger partial charge on any atom is 0.341 e. The van der Waals surface area contributed by atoms with Gasteiger partial charge in [-0.2, -0.15) is 0 Å². The first-order valence-corrected chi connectivity index (χ1v) is 10.5. The van der Waals surface area contributed by atoms with Crippen LogP contribution >= 0.6 is 11.3 Å². The zero-order valence-electron chi connectivity index (χ0n) is 17.0. The number of hydrogen-bond acceptors (Lipinski definition) is 6. The summed E-state index contributed by atoms with van der Waals surface area (Å²) in [5, 5.41) is 0. The molecule has 0 unspecified atom stereocenters. The summed E-state index contributed by atoms with van der Waals surface area (Å²) in [5.41, 5.74) is 1.22. The van der Waals surface area contributed by atoms with Gasteiger partial charge in [-0.25, -0.2) is 4.79 Å². The topological polar surface area (TPSA) is 74.1 Å². The third-order valence-corrected chi connectivity index (χ3v) is 5.86. The molecule has 0 fully saturated rings. The maximum atomic E-state index is 13.2. The molecule has 0 aliphatic heterocycles. The van der Waals surface area contributed by atoms with Gasteiger partial charge in [0.05, 0.1) is 29.5 Å². The monoisotopic (exact) mass is 433 g/mol. The number of nitrogens with zero attached hydrogens (tertiary/aromatic N) is 1. The van der Waals surface area contributed by atoms with Gasteiger partial charge in [0.1, 0.15) is 10.6 Å². The van der Waals surface area contributed by atoms with Gasteiger partial charge in [0.15, 0.2) is 0 Å². The molecule has 0 atom stereocenters. The predicted molar refractivity (Wildman–Crippen MR) is 119 cm³/mol. The molecule has 2 heterocycles. The van der Waals surface area contributed by atoms with Crippen molar-refractivity contribution in [1.29, 1.82) is 0 Å². The van der Waals surface area contributed by atoms with Gasteiger partial charge in [-0.05, 0) is 36.8 Å². The first-order chi connectivity index (χ1) is 15.0. The lowest BCUT2D eigenvalue weighted by molar-refractivity contribution is 0.0529. The van der Waals surface area contributed by atoms with Crippen molar-refractivity contribution >= 4 is 34.0 Å². The van der Waals surface area contributed by atoms with E-state index in [0.717, 1.165) is 16.9 Å². The van der Waals surface area contributed by atoms with Crippen LogP contribution in [0.5, 0.6) is 5.75 Å². The van der Waals surface area contributed by atoms with Crippen molar-refractivity contribution < 1.29 is 19.1 Å². The highest BCUT2D eigenvalue weighted by molar-refractivity contribution is 7.15. The molecule has 0 bridgehead atoms. The fourth-order valence-electron chi connectivity index (χ4n) is 3.26. The molecule has 0 saturated heterocycles. The highest BCUT2D eigenvalue weighted by Gasteiger charge is 2.24. The largest absolute Gasteiger partial charge is 0.497 e. The van der Waals surface area contributed by atoms with Gasteiger partial charge in [-0.3, -0.25) is 14.0 Å². The number of methoxy groups -OCH3 is 1. The van der Waals surface area contributed by atoms with E-state index in [1.165, 1.54) is 10.5 Å². The van der Waals surface area contributed by atoms with Crippen molar-refractivity contribution in [2.75, 3.05) is 13.7 Å². The van der Waals surface area contributed by atoms with Crippen molar-refractivity contribution in [1.82, 2.24) is 4.40 Å². The van der Waals surface area contributed by atoms with E-state index in [2.05, 4.69) is 0 Å². The fourth-order valence-corrected chi connectivity index (χ4v) is 4.36. The zero-order chi connectivity index (χ0) is 22.0. The SMILES string of the molecule is CCOC(=O)c1cc(C(=O)c2ccccc2)n2c(=O)/c(=C/c3ccc(OC)cc3)sc12. The second kappa shape index (κ2) is 8.57. The number of ether oxygens (including phenoxy) is 2. The molecule has 2 aromatic carbocycles. The Morgan fingerprint density at radius 3 is 2.42 bits per heavy atom. The highest BCUT2D eigenvalue weighted by atomic mass is 32.1. The number of esters is 1. The molecule has 0 spiro atoms. The average molecular weight is 433 g/mol. The second-order valence-corrected chi connectivity index (χ2v) is 7.72. The Balaban J connectivity index is 1.92. The van der Waals surface area contributed by atoms with Gasteiger partial charge in [-0.15, -0.1) is 11.3 Å². The lowest BCUT2D eigenvalue weighted by atomic mass is 10.1. The quantitative estimate of drug-likeness (QED) is 0.345. The van der Waals surface area contributed by atoms with Crippen LogP contribution in [0.25, 0.3) is 10.9 Å². The molecule has 6 nitrogen and oxygen atoms in total. The highest BCUT2D eigenvalue weighted by Crippen LogP contribution is 2.22. The lowest BCUT2D eigenvalue weighted by Gasteiger charge is -1.99. The van der Waals surface area contributed by atoms with E-state index in [-0.39, 0.29) is 29.2 Å². The number of thiazole rings is 1. The number of ketones is 1. The summed E-state index contributed by atoms with van der Waals surface area (Å²) >= 11 is 1.15. The van der Waals surface area contributed by atoms with Crippen molar-refractivity contribution in [2.45, 2.75) is 6.92 Å². The Hall–Kier alpha value is -3.71. The molecular formula is C24H19NO5S. The van der Waals surface area contributed by atoms with Gasteiger partial charge in [0.2, 0.25) is 5.78 Å². The van der Waals surface area contributed by atoms with Gasteiger partial charge < -0.3 is 9.47 Å². The summed E-state index contributed by atoms with van der Waals surface area (Å²) in [4.78, 5) is 39.2. The normalized spacial score (nSPS) is 11.6. The number of hydrogen-bond donors (Lipinski definition) is 0. The molecule has 0 amide bonds. The third-order valence-electron chi connectivity index (χ3n) is 4.75. The summed E-state index contributed by atoms with van der Waals surface area (Å²) in [6.07, 6.45) is 1.73. The molecule has 31 heavy (non-hydrogen) atoms. The Labute approximate surface area is 182 Å². The van der Waals surface area contributed by atoms with E-state index < -0.39 is 5.97 Å². The van der Waals surface area contributed by atoms with E-state index in [4.69, 9.17) is 9.47 Å². The molecule has 2 aromatic heterocycles. The minimum absolute atomic E-state index is 0.139. The van der Waals surface area contributed by atoms with Crippen LogP contribution in [-0.4, -0.2) is 29.9 Å². The van der Waals surface area contributed by atoms with Crippen molar-refractivity contribution in [3.05, 3.63) is 97.9 Å². The van der Waals surface area contributed by atoms with E-state index in [0.29, 0.717) is 20.7 Å². The van der Waals surface area contributed by atoms with Gasteiger partial charge in [-0.1, -0.05) is 42.5 Å². The van der Waals surface area contributed by atoms with Crippen molar-refractivity contribution in [3.63, 3.8) is 0 Å². The number of carbonyl (C=O) groups is 2. The van der Waals surface area contributed by atoms with Crippen LogP contribution in [0, 0.1) is 0 Å². The van der Waals surface area contributed by atoms with E-state index >= 15 is 0 Å². The molecule has 0 radical (unpaired) electrons. The molecule has 0 saturated carbocycles. The molecule has 4 rings (SSSR count). The summed E-state index contributed by atoms with van der Waals surface area (Å²) in [5.74, 6) is -0.194. The van der Waals surface area contributed by atoms with Crippen LogP contribution < -0.4 is 14.8 Å². The summed E-state index contributed by atoms with van der Waals surface area (Å²) in [6.45, 7) is 1.90. The van der Waals surface area contributed by atoms with Gasteiger partial charge >= 0.3 is 5.97 Å². The van der Waals surface area contributed by atoms with Crippen LogP contribution in [0.2, 0.25) is 0 Å². The Morgan fingerprint density at radius 2 is 1.77 bits per heavy atom. The predicted octanol–water partition coefficient (Wildman–Crippen LogP) is 3.33.